The topological polar surface area (TPSA) is 61.9 Å². The van der Waals surface area contributed by atoms with Crippen molar-refractivity contribution in [2.45, 2.75) is 26.9 Å². The summed E-state index contributed by atoms with van der Waals surface area (Å²) in [6.45, 7) is 5.78. The molecule has 6 heteroatoms. The molecule has 0 saturated carbocycles. The molecule has 0 fully saturated rings. The predicted molar refractivity (Wildman–Crippen MR) is 83.2 cm³/mol. The van der Waals surface area contributed by atoms with Crippen molar-refractivity contribution in [3.8, 4) is 0 Å². The molecule has 2 heterocycles. The number of fused-ring (bicyclic) bond motifs is 1. The van der Waals surface area contributed by atoms with Crippen LogP contribution in [0, 0.1) is 5.82 Å². The molecule has 0 radical (unpaired) electrons. The number of nitrogens with zero attached hydrogens (tertiary/aromatic N) is 2. The van der Waals surface area contributed by atoms with Gasteiger partial charge in [-0.3, -0.25) is 0 Å². The zero-order valence-electron chi connectivity index (χ0n) is 12.5. The molecule has 1 aromatic heterocycles. The molecular formula is C15H20FN5. The number of anilines is 3. The molecule has 21 heavy (non-hydrogen) atoms. The Hall–Kier alpha value is -2.21. The Morgan fingerprint density at radius 1 is 1.19 bits per heavy atom. The summed E-state index contributed by atoms with van der Waals surface area (Å²) in [6, 6.07) is 6.10. The third-order valence-corrected chi connectivity index (χ3v) is 3.07. The standard InChI is InChI=1S/C13H14FN5.C2H6/c1-15-12-11(14)7-17-13(19-12)18-10-3-2-8-5-16-6-9(8)4-10;1-2/h2-4,7,16H,5-6H2,1H3,(H2,15,17,18,19);1-2H3. The molecule has 0 saturated heterocycles. The van der Waals surface area contributed by atoms with Crippen molar-refractivity contribution >= 4 is 17.5 Å². The van der Waals surface area contributed by atoms with Gasteiger partial charge in [0.05, 0.1) is 6.20 Å². The normalized spacial score (nSPS) is 12.2. The van der Waals surface area contributed by atoms with Crippen molar-refractivity contribution in [3.63, 3.8) is 0 Å². The molecule has 0 unspecified atom stereocenters. The van der Waals surface area contributed by atoms with Crippen LogP contribution < -0.4 is 16.0 Å². The van der Waals surface area contributed by atoms with Crippen LogP contribution in [0.5, 0.6) is 0 Å². The van der Waals surface area contributed by atoms with Crippen molar-refractivity contribution in [1.29, 1.82) is 0 Å². The zero-order valence-corrected chi connectivity index (χ0v) is 12.5. The summed E-state index contributed by atoms with van der Waals surface area (Å²) in [5.41, 5.74) is 3.47. The second-order valence-corrected chi connectivity index (χ2v) is 4.35. The highest BCUT2D eigenvalue weighted by Gasteiger charge is 2.11. The average molecular weight is 289 g/mol. The van der Waals surface area contributed by atoms with Crippen LogP contribution in [-0.2, 0) is 13.1 Å². The van der Waals surface area contributed by atoms with E-state index >= 15 is 0 Å². The van der Waals surface area contributed by atoms with Gasteiger partial charge in [-0.15, -0.1) is 0 Å². The van der Waals surface area contributed by atoms with Gasteiger partial charge in [0.2, 0.25) is 5.95 Å². The zero-order chi connectivity index (χ0) is 15.2. The van der Waals surface area contributed by atoms with Gasteiger partial charge in [0.15, 0.2) is 11.6 Å². The van der Waals surface area contributed by atoms with E-state index in [0.717, 1.165) is 25.0 Å². The van der Waals surface area contributed by atoms with E-state index in [0.29, 0.717) is 5.95 Å². The van der Waals surface area contributed by atoms with E-state index < -0.39 is 5.82 Å². The first kappa shape index (κ1) is 15.2. The number of halogens is 1. The second kappa shape index (κ2) is 6.99. The van der Waals surface area contributed by atoms with Crippen LogP contribution >= 0.6 is 0 Å². The number of aromatic nitrogens is 2. The Morgan fingerprint density at radius 2 is 1.95 bits per heavy atom. The lowest BCUT2D eigenvalue weighted by molar-refractivity contribution is 0.619. The molecule has 0 bridgehead atoms. The van der Waals surface area contributed by atoms with Gasteiger partial charge in [-0.25, -0.2) is 9.37 Å². The maximum atomic E-state index is 13.3. The summed E-state index contributed by atoms with van der Waals surface area (Å²) < 4.78 is 13.3. The van der Waals surface area contributed by atoms with Gasteiger partial charge in [-0.05, 0) is 23.3 Å². The predicted octanol–water partition coefficient (Wildman–Crippen LogP) is 3.03. The van der Waals surface area contributed by atoms with Crippen LogP contribution in [0.15, 0.2) is 24.4 Å². The molecule has 1 aliphatic heterocycles. The van der Waals surface area contributed by atoms with Crippen LogP contribution in [0.2, 0.25) is 0 Å². The maximum Gasteiger partial charge on any atom is 0.229 e. The molecule has 2 aromatic rings. The fourth-order valence-corrected chi connectivity index (χ4v) is 2.10. The van der Waals surface area contributed by atoms with Gasteiger partial charge >= 0.3 is 0 Å². The quantitative estimate of drug-likeness (QED) is 0.810. The van der Waals surface area contributed by atoms with E-state index in [1.54, 1.807) is 7.05 Å². The summed E-state index contributed by atoms with van der Waals surface area (Å²) in [4.78, 5) is 7.98. The number of nitrogens with one attached hydrogen (secondary N) is 3. The third-order valence-electron chi connectivity index (χ3n) is 3.07. The van der Waals surface area contributed by atoms with Gasteiger partial charge < -0.3 is 16.0 Å². The monoisotopic (exact) mass is 289 g/mol. The second-order valence-electron chi connectivity index (χ2n) is 4.35. The molecule has 5 nitrogen and oxygen atoms in total. The molecule has 112 valence electrons. The van der Waals surface area contributed by atoms with Crippen molar-refractivity contribution in [2.75, 3.05) is 17.7 Å². The minimum Gasteiger partial charge on any atom is -0.371 e. The molecule has 0 amide bonds. The van der Waals surface area contributed by atoms with E-state index in [9.17, 15) is 4.39 Å². The molecular weight excluding hydrogens is 269 g/mol. The first-order chi connectivity index (χ1) is 10.3. The lowest BCUT2D eigenvalue weighted by Gasteiger charge is -2.08. The van der Waals surface area contributed by atoms with Gasteiger partial charge in [0, 0.05) is 25.8 Å². The highest BCUT2D eigenvalue weighted by Crippen LogP contribution is 2.22. The van der Waals surface area contributed by atoms with E-state index in [2.05, 4.69) is 38.1 Å². The molecule has 1 aromatic carbocycles. The lowest BCUT2D eigenvalue weighted by Crippen LogP contribution is -2.03. The van der Waals surface area contributed by atoms with Gasteiger partial charge in [-0.2, -0.15) is 4.98 Å². The van der Waals surface area contributed by atoms with Crippen LogP contribution in [0.1, 0.15) is 25.0 Å². The van der Waals surface area contributed by atoms with Crippen LogP contribution in [0.25, 0.3) is 0 Å². The molecule has 0 atom stereocenters. The first-order valence-corrected chi connectivity index (χ1v) is 7.06. The number of benzene rings is 1. The highest BCUT2D eigenvalue weighted by molar-refractivity contribution is 5.57. The summed E-state index contributed by atoms with van der Waals surface area (Å²) >= 11 is 0. The molecule has 0 spiro atoms. The summed E-state index contributed by atoms with van der Waals surface area (Å²) in [5.74, 6) is 0.0863. The van der Waals surface area contributed by atoms with Crippen molar-refractivity contribution in [2.24, 2.45) is 0 Å². The van der Waals surface area contributed by atoms with Gasteiger partial charge in [0.1, 0.15) is 0 Å². The summed E-state index contributed by atoms with van der Waals surface area (Å²) in [5, 5.41) is 9.05. The fourth-order valence-electron chi connectivity index (χ4n) is 2.10. The van der Waals surface area contributed by atoms with Crippen LogP contribution in [-0.4, -0.2) is 17.0 Å². The Balaban J connectivity index is 0.000000774. The van der Waals surface area contributed by atoms with E-state index in [1.807, 2.05) is 19.9 Å². The summed E-state index contributed by atoms with van der Waals surface area (Å²) in [6.07, 6.45) is 1.15. The lowest BCUT2D eigenvalue weighted by atomic mass is 10.1. The maximum absolute atomic E-state index is 13.3. The highest BCUT2D eigenvalue weighted by atomic mass is 19.1. The number of rotatable bonds is 3. The Labute approximate surface area is 124 Å². The largest absolute Gasteiger partial charge is 0.371 e. The van der Waals surface area contributed by atoms with Crippen LogP contribution in [0.4, 0.5) is 21.8 Å². The molecule has 3 rings (SSSR count). The van der Waals surface area contributed by atoms with E-state index in [-0.39, 0.29) is 5.82 Å². The summed E-state index contributed by atoms with van der Waals surface area (Å²) in [7, 11) is 1.62. The Bertz CT molecular complexity index is 606. The van der Waals surface area contributed by atoms with Crippen molar-refractivity contribution in [1.82, 2.24) is 15.3 Å². The smallest absolute Gasteiger partial charge is 0.229 e. The minimum atomic E-state index is -0.466. The SMILES string of the molecule is CC.CNc1nc(Nc2ccc3c(c2)CNC3)ncc1F. The minimum absolute atomic E-state index is 0.181. The number of hydrogen-bond donors (Lipinski definition) is 3. The van der Waals surface area contributed by atoms with Crippen molar-refractivity contribution in [3.05, 3.63) is 41.3 Å². The molecule has 3 N–H and O–H groups in total. The Kier molecular flexibility index (Phi) is 5.05. The van der Waals surface area contributed by atoms with E-state index in [4.69, 9.17) is 0 Å². The van der Waals surface area contributed by atoms with Crippen molar-refractivity contribution < 1.29 is 4.39 Å². The molecule has 0 aliphatic carbocycles. The van der Waals surface area contributed by atoms with Gasteiger partial charge in [0.25, 0.3) is 0 Å². The van der Waals surface area contributed by atoms with Gasteiger partial charge in [-0.1, -0.05) is 19.9 Å². The first-order valence-electron chi connectivity index (χ1n) is 7.06. The van der Waals surface area contributed by atoms with E-state index in [1.165, 1.54) is 11.1 Å². The fraction of sp³-hybridized carbons (Fsp3) is 0.333. The Morgan fingerprint density at radius 3 is 2.71 bits per heavy atom. The van der Waals surface area contributed by atoms with Crippen LogP contribution in [0.3, 0.4) is 0 Å². The molecule has 1 aliphatic rings. The third kappa shape index (κ3) is 3.46. The number of hydrogen-bond acceptors (Lipinski definition) is 5. The average Bonchev–Trinajstić information content (AvgIpc) is 2.99.